The van der Waals surface area contributed by atoms with Gasteiger partial charge in [0.15, 0.2) is 18.1 Å². The lowest BCUT2D eigenvalue weighted by atomic mass is 10.1. The zero-order valence-corrected chi connectivity index (χ0v) is 22.5. The first kappa shape index (κ1) is 27.5. The molecular weight excluding hydrogens is 606 g/mol. The molecule has 1 aliphatic heterocycles. The van der Waals surface area contributed by atoms with E-state index in [0.29, 0.717) is 32.9 Å². The van der Waals surface area contributed by atoms with Crippen molar-refractivity contribution in [2.24, 2.45) is 0 Å². The number of carbonyl (C=O) groups is 4. The Morgan fingerprint density at radius 1 is 1.19 bits per heavy atom. The maximum absolute atomic E-state index is 13.0. The van der Waals surface area contributed by atoms with Crippen LogP contribution in [-0.2, 0) is 19.1 Å². The fraction of sp³-hybridized carbons (Fsp3) is 0.250. The molecule has 3 amide bonds. The van der Waals surface area contributed by atoms with Crippen LogP contribution in [0.4, 0.5) is 14.9 Å². The van der Waals surface area contributed by atoms with Crippen molar-refractivity contribution in [3.63, 3.8) is 0 Å². The van der Waals surface area contributed by atoms with Crippen molar-refractivity contribution in [1.29, 1.82) is 0 Å². The highest BCUT2D eigenvalue weighted by atomic mass is 127. The number of anilines is 1. The van der Waals surface area contributed by atoms with E-state index in [0.717, 1.165) is 16.7 Å². The second-order valence-corrected chi connectivity index (χ2v) is 9.51. The molecule has 0 bridgehead atoms. The fourth-order valence-electron chi connectivity index (χ4n) is 3.18. The molecule has 2 aromatic carbocycles. The summed E-state index contributed by atoms with van der Waals surface area (Å²) in [6.45, 7) is 3.19. The monoisotopic (exact) mass is 628 g/mol. The van der Waals surface area contributed by atoms with Gasteiger partial charge in [-0.1, -0.05) is 0 Å². The molecule has 0 saturated carbocycles. The summed E-state index contributed by atoms with van der Waals surface area (Å²) in [6.07, 6.45) is 1.52. The Bertz CT molecular complexity index is 1220. The minimum atomic E-state index is -1.05. The molecule has 1 heterocycles. The molecule has 0 radical (unpaired) electrons. The molecular formula is C24H22FIN2O7S. The van der Waals surface area contributed by atoms with Gasteiger partial charge in [-0.15, -0.1) is 0 Å². The lowest BCUT2D eigenvalue weighted by molar-refractivity contribution is -0.148. The van der Waals surface area contributed by atoms with Crippen molar-refractivity contribution in [3.05, 3.63) is 56.3 Å². The smallest absolute Gasteiger partial charge is 0.328 e. The topological polar surface area (TPSA) is 111 Å². The molecule has 3 rings (SSSR count). The number of ether oxygens (including phenoxy) is 3. The Kier molecular flexibility index (Phi) is 9.31. The van der Waals surface area contributed by atoms with Gasteiger partial charge in [0.25, 0.3) is 17.1 Å². The molecule has 1 atom stereocenters. The predicted octanol–water partition coefficient (Wildman–Crippen LogP) is 4.44. The Morgan fingerprint density at radius 2 is 1.89 bits per heavy atom. The van der Waals surface area contributed by atoms with Gasteiger partial charge in [-0.05, 0) is 96.2 Å². The number of nitrogens with zero attached hydrogens (tertiary/aromatic N) is 1. The van der Waals surface area contributed by atoms with Crippen LogP contribution >= 0.6 is 34.4 Å². The number of rotatable bonds is 9. The first-order valence-electron chi connectivity index (χ1n) is 10.6. The number of esters is 1. The van der Waals surface area contributed by atoms with Gasteiger partial charge in [-0.3, -0.25) is 19.3 Å². The van der Waals surface area contributed by atoms with Gasteiger partial charge in [0.05, 0.1) is 22.2 Å². The summed E-state index contributed by atoms with van der Waals surface area (Å²) in [6, 6.07) is 7.61. The number of benzene rings is 2. The number of carbonyl (C=O) groups excluding carboxylic acids is 4. The standard InChI is InChI=1S/C24H22FIN2O7S/c1-4-34-18-10-14(11-19-22(30)28(24(32)36-19)13(2)23(31)33-3)9-17(26)21(18)35-12-20(29)27-16-7-5-15(25)6-8-16/h5-11,13H,4,12H2,1-3H3,(H,27,29)/b19-11+/t13-/m1/s1. The van der Waals surface area contributed by atoms with Crippen molar-refractivity contribution in [2.45, 2.75) is 19.9 Å². The van der Waals surface area contributed by atoms with E-state index in [1.165, 1.54) is 44.4 Å². The first-order chi connectivity index (χ1) is 17.1. The van der Waals surface area contributed by atoms with Gasteiger partial charge in [0, 0.05) is 5.69 Å². The highest BCUT2D eigenvalue weighted by molar-refractivity contribution is 14.1. The van der Waals surface area contributed by atoms with Crippen molar-refractivity contribution in [3.8, 4) is 11.5 Å². The average molecular weight is 628 g/mol. The molecule has 0 aliphatic carbocycles. The Labute approximate surface area is 224 Å². The maximum atomic E-state index is 13.0. The van der Waals surface area contributed by atoms with Gasteiger partial charge < -0.3 is 19.5 Å². The van der Waals surface area contributed by atoms with Gasteiger partial charge in [0.1, 0.15) is 11.9 Å². The molecule has 0 spiro atoms. The summed E-state index contributed by atoms with van der Waals surface area (Å²) in [5.41, 5.74) is 0.984. The third-order valence-electron chi connectivity index (χ3n) is 4.86. The van der Waals surface area contributed by atoms with Crippen molar-refractivity contribution in [2.75, 3.05) is 25.6 Å². The van der Waals surface area contributed by atoms with E-state index in [9.17, 15) is 23.6 Å². The summed E-state index contributed by atoms with van der Waals surface area (Å²) >= 11 is 2.73. The van der Waals surface area contributed by atoms with Crippen LogP contribution in [-0.4, -0.2) is 54.3 Å². The number of imide groups is 1. The molecule has 1 saturated heterocycles. The number of methoxy groups -OCH3 is 1. The summed E-state index contributed by atoms with van der Waals surface area (Å²) in [7, 11) is 1.18. The van der Waals surface area contributed by atoms with Crippen LogP contribution in [0.1, 0.15) is 19.4 Å². The van der Waals surface area contributed by atoms with Crippen molar-refractivity contribution >= 4 is 69.1 Å². The summed E-state index contributed by atoms with van der Waals surface area (Å²) in [5.74, 6) is -1.49. The summed E-state index contributed by atoms with van der Waals surface area (Å²) in [5, 5.41) is 2.04. The van der Waals surface area contributed by atoms with E-state index in [1.807, 2.05) is 22.6 Å². The van der Waals surface area contributed by atoms with Crippen LogP contribution in [0.5, 0.6) is 11.5 Å². The van der Waals surface area contributed by atoms with Gasteiger partial charge in [0.2, 0.25) is 0 Å². The second-order valence-electron chi connectivity index (χ2n) is 7.36. The van der Waals surface area contributed by atoms with Crippen LogP contribution < -0.4 is 14.8 Å². The molecule has 0 aromatic heterocycles. The van der Waals surface area contributed by atoms with Gasteiger partial charge >= 0.3 is 5.97 Å². The molecule has 1 aliphatic rings. The SMILES string of the molecule is CCOc1cc(/C=C2/SC(=O)N([C@H](C)C(=O)OC)C2=O)cc(I)c1OCC(=O)Nc1ccc(F)cc1. The molecule has 190 valence electrons. The third kappa shape index (κ3) is 6.55. The molecule has 1 N–H and O–H groups in total. The number of thioether (sulfide) groups is 1. The third-order valence-corrected chi connectivity index (χ3v) is 6.54. The Balaban J connectivity index is 1.78. The van der Waals surface area contributed by atoms with Crippen LogP contribution in [0.3, 0.4) is 0 Å². The fourth-order valence-corrected chi connectivity index (χ4v) is 4.87. The zero-order chi connectivity index (χ0) is 26.4. The minimum Gasteiger partial charge on any atom is -0.490 e. The normalized spacial score (nSPS) is 15.1. The number of amides is 3. The average Bonchev–Trinajstić information content (AvgIpc) is 3.11. The predicted molar refractivity (Wildman–Crippen MR) is 140 cm³/mol. The van der Waals surface area contributed by atoms with E-state index in [2.05, 4.69) is 10.1 Å². The molecule has 2 aromatic rings. The highest BCUT2D eigenvalue weighted by Gasteiger charge is 2.41. The largest absolute Gasteiger partial charge is 0.490 e. The van der Waals surface area contributed by atoms with E-state index in [4.69, 9.17) is 9.47 Å². The van der Waals surface area contributed by atoms with E-state index < -0.39 is 34.9 Å². The van der Waals surface area contributed by atoms with Crippen molar-refractivity contribution in [1.82, 2.24) is 4.90 Å². The van der Waals surface area contributed by atoms with Crippen LogP contribution in [0.2, 0.25) is 0 Å². The molecule has 9 nitrogen and oxygen atoms in total. The summed E-state index contributed by atoms with van der Waals surface area (Å²) in [4.78, 5) is 50.2. The Morgan fingerprint density at radius 3 is 2.53 bits per heavy atom. The Hall–Kier alpha value is -3.13. The van der Waals surface area contributed by atoms with E-state index in [1.54, 1.807) is 19.1 Å². The van der Waals surface area contributed by atoms with Gasteiger partial charge in [-0.2, -0.15) is 0 Å². The molecule has 12 heteroatoms. The lowest BCUT2D eigenvalue weighted by Crippen LogP contribution is -2.42. The number of hydrogen-bond donors (Lipinski definition) is 1. The van der Waals surface area contributed by atoms with Crippen LogP contribution in [0, 0.1) is 9.39 Å². The van der Waals surface area contributed by atoms with E-state index in [-0.39, 0.29) is 11.5 Å². The molecule has 36 heavy (non-hydrogen) atoms. The highest BCUT2D eigenvalue weighted by Crippen LogP contribution is 2.38. The maximum Gasteiger partial charge on any atom is 0.328 e. The molecule has 1 fully saturated rings. The first-order valence-corrected chi connectivity index (χ1v) is 12.5. The van der Waals surface area contributed by atoms with Gasteiger partial charge in [-0.25, -0.2) is 9.18 Å². The zero-order valence-electron chi connectivity index (χ0n) is 19.5. The number of halogens is 2. The van der Waals surface area contributed by atoms with E-state index >= 15 is 0 Å². The molecule has 0 unspecified atom stereocenters. The quantitative estimate of drug-likeness (QED) is 0.247. The number of nitrogens with one attached hydrogen (secondary N) is 1. The van der Waals surface area contributed by atoms with Crippen LogP contribution in [0.25, 0.3) is 6.08 Å². The minimum absolute atomic E-state index is 0.140. The van der Waals surface area contributed by atoms with Crippen LogP contribution in [0.15, 0.2) is 41.3 Å². The summed E-state index contributed by atoms with van der Waals surface area (Å²) < 4.78 is 29.7. The lowest BCUT2D eigenvalue weighted by Gasteiger charge is -2.18. The second kappa shape index (κ2) is 12.2. The number of hydrogen-bond acceptors (Lipinski definition) is 8. The van der Waals surface area contributed by atoms with Crippen molar-refractivity contribution < 1.29 is 37.8 Å².